The lowest BCUT2D eigenvalue weighted by Crippen LogP contribution is -2.42. The molecule has 3 nitrogen and oxygen atoms in total. The van der Waals surface area contributed by atoms with Gasteiger partial charge in [-0.05, 0) is 25.3 Å². The summed E-state index contributed by atoms with van der Waals surface area (Å²) in [7, 11) is 0. The van der Waals surface area contributed by atoms with Gasteiger partial charge in [-0.3, -0.25) is 4.90 Å². The van der Waals surface area contributed by atoms with Crippen molar-refractivity contribution in [3.63, 3.8) is 0 Å². The minimum Gasteiger partial charge on any atom is -0.357 e. The average Bonchev–Trinajstić information content (AvgIpc) is 2.25. The molecule has 1 rings (SSSR count). The number of alkyl halides is 3. The van der Waals surface area contributed by atoms with E-state index in [1.54, 1.807) is 0 Å². The summed E-state index contributed by atoms with van der Waals surface area (Å²) in [5.74, 6) is 0.510. The number of hydrogen-bond acceptors (Lipinski definition) is 3. The van der Waals surface area contributed by atoms with Gasteiger partial charge in [0.15, 0.2) is 0 Å². The van der Waals surface area contributed by atoms with E-state index in [1.807, 2.05) is 4.90 Å². The summed E-state index contributed by atoms with van der Waals surface area (Å²) in [6, 6.07) is 0.446. The molecule has 1 atom stereocenters. The van der Waals surface area contributed by atoms with Gasteiger partial charge in [0.1, 0.15) is 6.61 Å². The second-order valence-corrected chi connectivity index (χ2v) is 5.24. The van der Waals surface area contributed by atoms with Crippen LogP contribution >= 0.6 is 0 Å². The quantitative estimate of drug-likeness (QED) is 0.799. The van der Waals surface area contributed by atoms with Crippen molar-refractivity contribution in [2.75, 3.05) is 33.0 Å². The smallest absolute Gasteiger partial charge is 0.357 e. The van der Waals surface area contributed by atoms with Crippen molar-refractivity contribution in [1.29, 1.82) is 0 Å². The molecule has 1 saturated heterocycles. The second kappa shape index (κ2) is 7.31. The van der Waals surface area contributed by atoms with E-state index in [0.29, 0.717) is 12.0 Å². The summed E-state index contributed by atoms with van der Waals surface area (Å²) in [6.45, 7) is 5.68. The van der Waals surface area contributed by atoms with E-state index in [1.165, 1.54) is 0 Å². The molecule has 1 heterocycles. The Balaban J connectivity index is 2.18. The Morgan fingerprint density at radius 1 is 1.39 bits per heavy atom. The number of rotatable bonds is 6. The highest BCUT2D eigenvalue weighted by atomic mass is 19.4. The van der Waals surface area contributed by atoms with Gasteiger partial charge in [-0.25, -0.2) is 0 Å². The van der Waals surface area contributed by atoms with Crippen LogP contribution in [0.2, 0.25) is 0 Å². The Kier molecular flexibility index (Phi) is 6.38. The van der Waals surface area contributed by atoms with Gasteiger partial charge in [-0.2, -0.15) is 13.2 Å². The molecule has 1 aliphatic heterocycles. The van der Waals surface area contributed by atoms with Crippen LogP contribution in [0.4, 0.5) is 13.2 Å². The first-order valence-corrected chi connectivity index (χ1v) is 6.47. The SMILES string of the molecule is CC(C)NCC1CCCN(COCC(F)(F)F)C1. The first kappa shape index (κ1) is 15.7. The fourth-order valence-electron chi connectivity index (χ4n) is 2.13. The number of nitrogens with one attached hydrogen (secondary N) is 1. The summed E-state index contributed by atoms with van der Waals surface area (Å²) >= 11 is 0. The zero-order valence-electron chi connectivity index (χ0n) is 11.1. The zero-order valence-corrected chi connectivity index (χ0v) is 11.1. The third-order valence-electron chi connectivity index (χ3n) is 2.96. The lowest BCUT2D eigenvalue weighted by Gasteiger charge is -2.33. The molecule has 0 amide bonds. The van der Waals surface area contributed by atoms with E-state index in [-0.39, 0.29) is 6.73 Å². The molecule has 0 aromatic heterocycles. The van der Waals surface area contributed by atoms with Gasteiger partial charge in [0.05, 0.1) is 6.73 Å². The van der Waals surface area contributed by atoms with Gasteiger partial charge in [0.25, 0.3) is 0 Å². The van der Waals surface area contributed by atoms with Crippen molar-refractivity contribution in [3.05, 3.63) is 0 Å². The monoisotopic (exact) mass is 268 g/mol. The molecule has 0 aromatic carbocycles. The van der Waals surface area contributed by atoms with Gasteiger partial charge in [-0.15, -0.1) is 0 Å². The Bertz CT molecular complexity index is 234. The van der Waals surface area contributed by atoms with Crippen LogP contribution in [0.25, 0.3) is 0 Å². The third-order valence-corrected chi connectivity index (χ3v) is 2.96. The third kappa shape index (κ3) is 7.18. The number of nitrogens with zero attached hydrogens (tertiary/aromatic N) is 1. The van der Waals surface area contributed by atoms with Gasteiger partial charge in [0, 0.05) is 19.1 Å². The molecule has 1 fully saturated rings. The predicted octanol–water partition coefficient (Wildman–Crippen LogP) is 2.23. The molecule has 0 bridgehead atoms. The average molecular weight is 268 g/mol. The zero-order chi connectivity index (χ0) is 13.6. The number of likely N-dealkylation sites (tertiary alicyclic amines) is 1. The van der Waals surface area contributed by atoms with E-state index >= 15 is 0 Å². The maximum absolute atomic E-state index is 11.9. The minimum absolute atomic E-state index is 0.0810. The summed E-state index contributed by atoms with van der Waals surface area (Å²) in [5, 5.41) is 3.37. The van der Waals surface area contributed by atoms with Crippen molar-refractivity contribution in [1.82, 2.24) is 10.2 Å². The van der Waals surface area contributed by atoms with E-state index in [0.717, 1.165) is 32.5 Å². The molecule has 0 aliphatic carbocycles. The second-order valence-electron chi connectivity index (χ2n) is 5.24. The molecule has 1 N–H and O–H groups in total. The van der Waals surface area contributed by atoms with E-state index in [4.69, 9.17) is 4.74 Å². The summed E-state index contributed by atoms with van der Waals surface area (Å²) < 4.78 is 40.5. The highest BCUT2D eigenvalue weighted by Gasteiger charge is 2.28. The molecule has 0 saturated carbocycles. The summed E-state index contributed by atoms with van der Waals surface area (Å²) in [5.41, 5.74) is 0. The van der Waals surface area contributed by atoms with Crippen LogP contribution in [0.5, 0.6) is 0 Å². The number of piperidine rings is 1. The summed E-state index contributed by atoms with van der Waals surface area (Å²) in [4.78, 5) is 1.96. The van der Waals surface area contributed by atoms with Crippen LogP contribution in [0, 0.1) is 5.92 Å². The molecular formula is C12H23F3N2O. The topological polar surface area (TPSA) is 24.5 Å². The van der Waals surface area contributed by atoms with Crippen molar-refractivity contribution < 1.29 is 17.9 Å². The number of ether oxygens (including phenoxy) is 1. The first-order chi connectivity index (χ1) is 8.37. The Morgan fingerprint density at radius 2 is 2.11 bits per heavy atom. The van der Waals surface area contributed by atoms with Crippen LogP contribution in [-0.2, 0) is 4.74 Å². The molecule has 108 valence electrons. The predicted molar refractivity (Wildman–Crippen MR) is 64.3 cm³/mol. The molecule has 1 aliphatic rings. The van der Waals surface area contributed by atoms with Crippen LogP contribution in [-0.4, -0.2) is 50.1 Å². The highest BCUT2D eigenvalue weighted by Crippen LogP contribution is 2.18. The van der Waals surface area contributed by atoms with Crippen molar-refractivity contribution in [2.45, 2.75) is 38.9 Å². The Morgan fingerprint density at radius 3 is 2.72 bits per heavy atom. The Labute approximate surface area is 107 Å². The maximum Gasteiger partial charge on any atom is 0.411 e. The fourth-order valence-corrected chi connectivity index (χ4v) is 2.13. The molecule has 0 radical (unpaired) electrons. The van der Waals surface area contributed by atoms with Crippen molar-refractivity contribution in [3.8, 4) is 0 Å². The van der Waals surface area contributed by atoms with Gasteiger partial charge < -0.3 is 10.1 Å². The fraction of sp³-hybridized carbons (Fsp3) is 1.00. The molecular weight excluding hydrogens is 245 g/mol. The Hall–Kier alpha value is -0.330. The van der Waals surface area contributed by atoms with Crippen molar-refractivity contribution >= 4 is 0 Å². The lowest BCUT2D eigenvalue weighted by atomic mass is 9.98. The van der Waals surface area contributed by atoms with Gasteiger partial charge in [-0.1, -0.05) is 13.8 Å². The van der Waals surface area contributed by atoms with E-state index in [2.05, 4.69) is 19.2 Å². The molecule has 18 heavy (non-hydrogen) atoms. The van der Waals surface area contributed by atoms with E-state index in [9.17, 15) is 13.2 Å². The lowest BCUT2D eigenvalue weighted by molar-refractivity contribution is -0.184. The van der Waals surface area contributed by atoms with Gasteiger partial charge >= 0.3 is 6.18 Å². The van der Waals surface area contributed by atoms with Crippen molar-refractivity contribution in [2.24, 2.45) is 5.92 Å². The normalized spacial score (nSPS) is 22.7. The van der Waals surface area contributed by atoms with Crippen LogP contribution in [0.3, 0.4) is 0 Å². The minimum atomic E-state index is -4.23. The standard InChI is InChI=1S/C12H23F3N2O/c1-10(2)16-6-11-4-3-5-17(7-11)9-18-8-12(13,14)15/h10-11,16H,3-9H2,1-2H3. The largest absolute Gasteiger partial charge is 0.411 e. The molecule has 1 unspecified atom stereocenters. The molecule has 0 aromatic rings. The summed E-state index contributed by atoms with van der Waals surface area (Å²) in [6.07, 6.45) is -2.07. The molecule has 6 heteroatoms. The van der Waals surface area contributed by atoms with Crippen LogP contribution in [0.1, 0.15) is 26.7 Å². The number of halogens is 3. The highest BCUT2D eigenvalue weighted by molar-refractivity contribution is 4.74. The van der Waals surface area contributed by atoms with E-state index < -0.39 is 12.8 Å². The maximum atomic E-state index is 11.9. The van der Waals surface area contributed by atoms with Crippen LogP contribution in [0.15, 0.2) is 0 Å². The molecule has 0 spiro atoms. The number of hydrogen-bond donors (Lipinski definition) is 1. The first-order valence-electron chi connectivity index (χ1n) is 6.47. The van der Waals surface area contributed by atoms with Gasteiger partial charge in [0.2, 0.25) is 0 Å². The van der Waals surface area contributed by atoms with Crippen LogP contribution < -0.4 is 5.32 Å².